The molecule has 0 bridgehead atoms. The van der Waals surface area contributed by atoms with Crippen molar-refractivity contribution in [1.29, 1.82) is 0 Å². The fourth-order valence-corrected chi connectivity index (χ4v) is 3.80. The van der Waals surface area contributed by atoms with Crippen LogP contribution in [0.4, 0.5) is 5.69 Å². The molecule has 1 aromatic rings. The molecule has 0 saturated heterocycles. The number of anilines is 1. The SMILES string of the molecule is O=C1Nc2cc(Br)cc(Br)c2/C1=C\[C]1[CH][CH][CH][CH]1.[CH]1[CH][CH][CH][CH]1.[Fe+2]. The Morgan fingerprint density at radius 2 is 1.46 bits per heavy atom. The van der Waals surface area contributed by atoms with Crippen LogP contribution in [0.15, 0.2) is 27.2 Å². The minimum absolute atomic E-state index is 0. The summed E-state index contributed by atoms with van der Waals surface area (Å²) in [6.07, 6.45) is 19.8. The minimum Gasteiger partial charge on any atom is -0.321 e. The van der Waals surface area contributed by atoms with E-state index in [-0.39, 0.29) is 23.0 Å². The third kappa shape index (κ3) is 4.97. The van der Waals surface area contributed by atoms with Gasteiger partial charge >= 0.3 is 17.1 Å². The van der Waals surface area contributed by atoms with E-state index in [1.54, 1.807) is 0 Å². The summed E-state index contributed by atoms with van der Waals surface area (Å²) in [6, 6.07) is 3.85. The van der Waals surface area contributed by atoms with Gasteiger partial charge in [-0.2, -0.15) is 0 Å². The van der Waals surface area contributed by atoms with Crippen LogP contribution in [-0.4, -0.2) is 5.91 Å². The number of rotatable bonds is 1. The first-order valence-corrected chi connectivity index (χ1v) is 8.64. The summed E-state index contributed by atoms with van der Waals surface area (Å²) < 4.78 is 1.84. The summed E-state index contributed by atoms with van der Waals surface area (Å²) in [5.74, 6) is 0.966. The van der Waals surface area contributed by atoms with Gasteiger partial charge in [-0.05, 0) is 69.9 Å². The summed E-state index contributed by atoms with van der Waals surface area (Å²) >= 11 is 6.92. The van der Waals surface area contributed by atoms with Crippen LogP contribution in [0.2, 0.25) is 0 Å². The number of carbonyl (C=O) groups is 1. The van der Waals surface area contributed by atoms with E-state index in [1.165, 1.54) is 0 Å². The predicted molar refractivity (Wildman–Crippen MR) is 100 cm³/mol. The average Bonchev–Trinajstić information content (AvgIpc) is 3.24. The van der Waals surface area contributed by atoms with Crippen molar-refractivity contribution >= 4 is 49.0 Å². The van der Waals surface area contributed by atoms with E-state index in [1.807, 2.05) is 76.0 Å². The summed E-state index contributed by atoms with van der Waals surface area (Å²) in [6.45, 7) is 0. The van der Waals surface area contributed by atoms with Crippen LogP contribution in [-0.2, 0) is 21.9 Å². The molecule has 120 valence electrons. The second-order valence-electron chi connectivity index (χ2n) is 5.00. The van der Waals surface area contributed by atoms with Crippen LogP contribution in [0.25, 0.3) is 5.57 Å². The Hall–Kier alpha value is -0.0905. The van der Waals surface area contributed by atoms with Crippen LogP contribution in [0, 0.1) is 63.7 Å². The first-order chi connectivity index (χ1) is 11.1. The Bertz CT molecular complexity index is 612. The van der Waals surface area contributed by atoms with E-state index in [0.29, 0.717) is 5.57 Å². The molecule has 0 atom stereocenters. The van der Waals surface area contributed by atoms with Gasteiger partial charge in [0.1, 0.15) is 0 Å². The first kappa shape index (κ1) is 20.2. The maximum atomic E-state index is 12.0. The topological polar surface area (TPSA) is 29.1 Å². The average molecular weight is 487 g/mol. The van der Waals surface area contributed by atoms with Crippen molar-refractivity contribution in [3.05, 3.63) is 96.4 Å². The standard InChI is InChI=1S/C14H8Br2NO.C5H5.Fe/c15-9-6-11(16)13-10(5-8-3-1-2-4-8)14(18)17-12(13)7-9;1-2-4-5-3-1;/h1-7H,(H,17,18);1-5H;/q;;+2/b10-5+;;. The molecule has 4 rings (SSSR count). The van der Waals surface area contributed by atoms with Crippen LogP contribution in [0.5, 0.6) is 0 Å². The Kier molecular flexibility index (Phi) is 8.06. The van der Waals surface area contributed by atoms with Gasteiger partial charge in [0.25, 0.3) is 5.91 Å². The maximum Gasteiger partial charge on any atom is 2.00 e. The molecule has 0 spiro atoms. The number of hydrogen-bond acceptors (Lipinski definition) is 1. The largest absolute Gasteiger partial charge is 2.00 e. The van der Waals surface area contributed by atoms with Gasteiger partial charge in [-0.1, -0.05) is 37.9 Å². The number of carbonyl (C=O) groups excluding carboxylic acids is 1. The normalized spacial score (nSPS) is 21.1. The molecule has 1 N–H and O–H groups in total. The number of benzene rings is 1. The van der Waals surface area contributed by atoms with Crippen molar-refractivity contribution in [3.8, 4) is 0 Å². The van der Waals surface area contributed by atoms with Crippen LogP contribution < -0.4 is 5.32 Å². The van der Waals surface area contributed by atoms with Gasteiger partial charge in [0.15, 0.2) is 0 Å². The van der Waals surface area contributed by atoms with E-state index in [2.05, 4.69) is 37.2 Å². The molecule has 1 heterocycles. The van der Waals surface area contributed by atoms with Crippen molar-refractivity contribution < 1.29 is 21.9 Å². The molecule has 24 heavy (non-hydrogen) atoms. The second kappa shape index (κ2) is 9.56. The Morgan fingerprint density at radius 1 is 0.875 bits per heavy atom. The van der Waals surface area contributed by atoms with Gasteiger partial charge in [-0.15, -0.1) is 0 Å². The van der Waals surface area contributed by atoms with E-state index >= 15 is 0 Å². The van der Waals surface area contributed by atoms with Gasteiger partial charge in [0.2, 0.25) is 0 Å². The minimum atomic E-state index is -0.0648. The molecule has 2 fully saturated rings. The molecule has 1 aliphatic heterocycles. The first-order valence-electron chi connectivity index (χ1n) is 7.06. The zero-order valence-corrected chi connectivity index (χ0v) is 16.7. The zero-order valence-electron chi connectivity index (χ0n) is 12.4. The maximum absolute atomic E-state index is 12.0. The summed E-state index contributed by atoms with van der Waals surface area (Å²) in [5.41, 5.74) is 2.44. The van der Waals surface area contributed by atoms with Gasteiger partial charge < -0.3 is 5.32 Å². The Morgan fingerprint density at radius 3 is 2.04 bits per heavy atom. The molecule has 2 saturated carbocycles. The van der Waals surface area contributed by atoms with Crippen LogP contribution >= 0.6 is 31.9 Å². The van der Waals surface area contributed by atoms with Crippen LogP contribution in [0.3, 0.4) is 0 Å². The molecule has 0 aromatic heterocycles. The predicted octanol–water partition coefficient (Wildman–Crippen LogP) is 4.97. The Labute approximate surface area is 172 Å². The molecule has 2 nitrogen and oxygen atoms in total. The van der Waals surface area contributed by atoms with Gasteiger partial charge in [-0.25, -0.2) is 0 Å². The number of nitrogens with one attached hydrogen (secondary N) is 1. The number of halogens is 2. The van der Waals surface area contributed by atoms with E-state index in [0.717, 1.165) is 26.1 Å². The summed E-state index contributed by atoms with van der Waals surface area (Å²) in [7, 11) is 0. The number of amides is 1. The summed E-state index contributed by atoms with van der Waals surface area (Å²) in [4.78, 5) is 12.0. The van der Waals surface area contributed by atoms with E-state index in [9.17, 15) is 4.79 Å². The third-order valence-electron chi connectivity index (χ3n) is 3.37. The van der Waals surface area contributed by atoms with Gasteiger partial charge in [0.05, 0.1) is 5.69 Å². The van der Waals surface area contributed by atoms with Gasteiger partial charge in [-0.3, -0.25) is 4.79 Å². The molecule has 5 heteroatoms. The molecule has 3 aliphatic rings. The van der Waals surface area contributed by atoms with Crippen molar-refractivity contribution in [2.45, 2.75) is 0 Å². The molecule has 0 unspecified atom stereocenters. The summed E-state index contributed by atoms with van der Waals surface area (Å²) in [5, 5.41) is 2.87. The van der Waals surface area contributed by atoms with Crippen molar-refractivity contribution in [1.82, 2.24) is 0 Å². The third-order valence-corrected chi connectivity index (χ3v) is 4.46. The Balaban J connectivity index is 0.000000300. The fraction of sp³-hybridized carbons (Fsp3) is 0. The van der Waals surface area contributed by atoms with Crippen molar-refractivity contribution in [3.63, 3.8) is 0 Å². The molecule has 10 radical (unpaired) electrons. The number of allylic oxidation sites excluding steroid dienone is 1. The van der Waals surface area contributed by atoms with E-state index in [4.69, 9.17) is 0 Å². The quantitative estimate of drug-likeness (QED) is 0.440. The number of hydrogen-bond donors (Lipinski definition) is 1. The molecule has 2 aliphatic carbocycles. The fourth-order valence-electron chi connectivity index (χ4n) is 2.36. The molecule has 1 aromatic carbocycles. The molecular weight excluding hydrogens is 474 g/mol. The van der Waals surface area contributed by atoms with E-state index < -0.39 is 0 Å². The number of fused-ring (bicyclic) bond motifs is 1. The monoisotopic (exact) mass is 485 g/mol. The zero-order chi connectivity index (χ0) is 16.2. The molecular formula is C19H13Br2FeNO+2. The van der Waals surface area contributed by atoms with Gasteiger partial charge in [0, 0.05) is 26.0 Å². The molecule has 1 amide bonds. The van der Waals surface area contributed by atoms with Crippen molar-refractivity contribution in [2.75, 3.05) is 5.32 Å². The second-order valence-corrected chi connectivity index (χ2v) is 6.77. The van der Waals surface area contributed by atoms with Crippen molar-refractivity contribution in [2.24, 2.45) is 0 Å². The smallest absolute Gasteiger partial charge is 0.321 e. The van der Waals surface area contributed by atoms with Crippen LogP contribution in [0.1, 0.15) is 5.56 Å².